The maximum Gasteiger partial charge on any atom is 0.133 e. The highest BCUT2D eigenvalue weighted by Gasteiger charge is 2.05. The lowest BCUT2D eigenvalue weighted by atomic mass is 10.0. The van der Waals surface area contributed by atoms with Crippen molar-refractivity contribution >= 4 is 23.2 Å². The van der Waals surface area contributed by atoms with Crippen molar-refractivity contribution in [2.45, 2.75) is 39.0 Å². The SMILES string of the molecule is CCCCCCc1ccc(C(=S)C=Cc2c(F)cccc2F)cc1. The third-order valence-corrected chi connectivity index (χ3v) is 4.33. The summed E-state index contributed by atoms with van der Waals surface area (Å²) in [5.74, 6) is -1.17. The molecule has 3 heteroatoms. The summed E-state index contributed by atoms with van der Waals surface area (Å²) in [5, 5.41) is 0. The van der Waals surface area contributed by atoms with E-state index in [1.165, 1.54) is 55.5 Å². The maximum atomic E-state index is 13.6. The van der Waals surface area contributed by atoms with Crippen LogP contribution in [0.5, 0.6) is 0 Å². The second kappa shape index (κ2) is 9.43. The summed E-state index contributed by atoms with van der Waals surface area (Å²) in [6, 6.07) is 11.9. The van der Waals surface area contributed by atoms with Crippen LogP contribution in [0.15, 0.2) is 48.5 Å². The molecule has 0 bridgehead atoms. The Balaban J connectivity index is 1.98. The van der Waals surface area contributed by atoms with Gasteiger partial charge in [-0.3, -0.25) is 0 Å². The maximum absolute atomic E-state index is 13.6. The molecule has 2 aromatic rings. The van der Waals surface area contributed by atoms with Crippen molar-refractivity contribution in [2.75, 3.05) is 0 Å². The molecular formula is C21H22F2S. The number of benzene rings is 2. The first kappa shape index (κ1) is 18.5. The van der Waals surface area contributed by atoms with Gasteiger partial charge in [0.15, 0.2) is 0 Å². The molecule has 0 nitrogen and oxygen atoms in total. The van der Waals surface area contributed by atoms with Crippen LogP contribution in [0.2, 0.25) is 0 Å². The zero-order valence-electron chi connectivity index (χ0n) is 13.9. The van der Waals surface area contributed by atoms with Gasteiger partial charge in [0, 0.05) is 10.4 Å². The Kier molecular flexibility index (Phi) is 7.26. The number of rotatable bonds is 8. The first-order chi connectivity index (χ1) is 11.6. The van der Waals surface area contributed by atoms with Crippen LogP contribution in [-0.2, 0) is 6.42 Å². The molecule has 0 aliphatic heterocycles. The number of hydrogen-bond acceptors (Lipinski definition) is 1. The molecule has 0 radical (unpaired) electrons. The van der Waals surface area contributed by atoms with E-state index in [-0.39, 0.29) is 5.56 Å². The van der Waals surface area contributed by atoms with E-state index >= 15 is 0 Å². The summed E-state index contributed by atoms with van der Waals surface area (Å²) in [6.45, 7) is 2.20. The van der Waals surface area contributed by atoms with Gasteiger partial charge in [0.25, 0.3) is 0 Å². The molecule has 126 valence electrons. The normalized spacial score (nSPS) is 11.1. The average Bonchev–Trinajstić information content (AvgIpc) is 2.58. The highest BCUT2D eigenvalue weighted by molar-refractivity contribution is 7.81. The van der Waals surface area contributed by atoms with Crippen LogP contribution in [0, 0.1) is 11.6 Å². The molecule has 0 amide bonds. The number of allylic oxidation sites excluding steroid dienone is 1. The van der Waals surface area contributed by atoms with Crippen molar-refractivity contribution in [1.82, 2.24) is 0 Å². The predicted molar refractivity (Wildman–Crippen MR) is 101 cm³/mol. The third-order valence-electron chi connectivity index (χ3n) is 3.96. The Morgan fingerprint density at radius 1 is 0.958 bits per heavy atom. The molecule has 2 aromatic carbocycles. The number of hydrogen-bond donors (Lipinski definition) is 0. The Morgan fingerprint density at radius 3 is 2.25 bits per heavy atom. The first-order valence-electron chi connectivity index (χ1n) is 8.37. The van der Waals surface area contributed by atoms with Gasteiger partial charge in [-0.25, -0.2) is 8.78 Å². The van der Waals surface area contributed by atoms with Crippen LogP contribution in [-0.4, -0.2) is 4.86 Å². The van der Waals surface area contributed by atoms with E-state index in [0.29, 0.717) is 4.86 Å². The highest BCUT2D eigenvalue weighted by Crippen LogP contribution is 2.15. The fourth-order valence-electron chi connectivity index (χ4n) is 2.52. The van der Waals surface area contributed by atoms with Crippen molar-refractivity contribution < 1.29 is 8.78 Å². The number of unbranched alkanes of at least 4 members (excludes halogenated alkanes) is 3. The number of thiocarbonyl (C=S) groups is 1. The zero-order chi connectivity index (χ0) is 17.4. The monoisotopic (exact) mass is 344 g/mol. The lowest BCUT2D eigenvalue weighted by Crippen LogP contribution is -1.95. The molecule has 0 fully saturated rings. The largest absolute Gasteiger partial charge is 0.206 e. The van der Waals surface area contributed by atoms with Gasteiger partial charge >= 0.3 is 0 Å². The van der Waals surface area contributed by atoms with Crippen molar-refractivity contribution in [3.8, 4) is 0 Å². The highest BCUT2D eigenvalue weighted by atomic mass is 32.1. The van der Waals surface area contributed by atoms with Crippen molar-refractivity contribution in [2.24, 2.45) is 0 Å². The minimum absolute atomic E-state index is 0.0626. The minimum Gasteiger partial charge on any atom is -0.206 e. The molecule has 0 N–H and O–H groups in total. The van der Waals surface area contributed by atoms with Gasteiger partial charge in [0.05, 0.1) is 0 Å². The molecule has 0 aliphatic carbocycles. The van der Waals surface area contributed by atoms with Gasteiger partial charge in [-0.2, -0.15) is 0 Å². The fourth-order valence-corrected chi connectivity index (χ4v) is 2.72. The van der Waals surface area contributed by atoms with Gasteiger partial charge in [-0.1, -0.05) is 68.7 Å². The molecule has 0 heterocycles. The Labute approximate surface area is 148 Å². The smallest absolute Gasteiger partial charge is 0.133 e. The van der Waals surface area contributed by atoms with E-state index in [4.69, 9.17) is 12.2 Å². The van der Waals surface area contributed by atoms with Crippen molar-refractivity contribution in [1.29, 1.82) is 0 Å². The fraction of sp³-hybridized carbons (Fsp3) is 0.286. The van der Waals surface area contributed by atoms with Crippen LogP contribution in [0.25, 0.3) is 6.08 Å². The zero-order valence-corrected chi connectivity index (χ0v) is 14.7. The number of halogens is 2. The molecular weight excluding hydrogens is 322 g/mol. The predicted octanol–water partition coefficient (Wildman–Crippen LogP) is 6.52. The summed E-state index contributed by atoms with van der Waals surface area (Å²) in [5.41, 5.74) is 2.12. The first-order valence-corrected chi connectivity index (χ1v) is 8.78. The van der Waals surface area contributed by atoms with Gasteiger partial charge in [0.1, 0.15) is 11.6 Å². The molecule has 0 aliphatic rings. The second-order valence-corrected chi connectivity index (χ2v) is 6.28. The van der Waals surface area contributed by atoms with Crippen molar-refractivity contribution in [3.05, 3.63) is 76.9 Å². The second-order valence-electron chi connectivity index (χ2n) is 5.84. The Morgan fingerprint density at radius 2 is 1.62 bits per heavy atom. The topological polar surface area (TPSA) is 0 Å². The van der Waals surface area contributed by atoms with Crippen molar-refractivity contribution in [3.63, 3.8) is 0 Å². The Bertz CT molecular complexity index is 682. The van der Waals surface area contributed by atoms with Gasteiger partial charge in [-0.15, -0.1) is 0 Å². The lowest BCUT2D eigenvalue weighted by Gasteiger charge is -2.04. The van der Waals surface area contributed by atoms with E-state index in [9.17, 15) is 8.78 Å². The lowest BCUT2D eigenvalue weighted by molar-refractivity contribution is 0.579. The van der Waals surface area contributed by atoms with Crippen LogP contribution in [0.1, 0.15) is 49.3 Å². The summed E-state index contributed by atoms with van der Waals surface area (Å²) in [6.07, 6.45) is 9.02. The minimum atomic E-state index is -0.587. The quantitative estimate of drug-likeness (QED) is 0.227. The van der Waals surface area contributed by atoms with Gasteiger partial charge < -0.3 is 0 Å². The van der Waals surface area contributed by atoms with E-state index < -0.39 is 11.6 Å². The number of aryl methyl sites for hydroxylation is 1. The molecule has 0 saturated carbocycles. The molecule has 2 rings (SSSR count). The third kappa shape index (κ3) is 5.34. The average molecular weight is 344 g/mol. The molecule has 24 heavy (non-hydrogen) atoms. The summed E-state index contributed by atoms with van der Waals surface area (Å²) >= 11 is 5.34. The molecule has 0 atom stereocenters. The van der Waals surface area contributed by atoms with Crippen LogP contribution in [0.4, 0.5) is 8.78 Å². The van der Waals surface area contributed by atoms with E-state index in [1.807, 2.05) is 12.1 Å². The molecule has 0 saturated heterocycles. The van der Waals surface area contributed by atoms with E-state index in [2.05, 4.69) is 19.1 Å². The van der Waals surface area contributed by atoms with Crippen LogP contribution < -0.4 is 0 Å². The van der Waals surface area contributed by atoms with Gasteiger partial charge in [0.2, 0.25) is 0 Å². The van der Waals surface area contributed by atoms with Crippen LogP contribution in [0.3, 0.4) is 0 Å². The summed E-state index contributed by atoms with van der Waals surface area (Å²) in [4.78, 5) is 0.565. The van der Waals surface area contributed by atoms with Gasteiger partial charge in [-0.05, 0) is 48.3 Å². The molecule has 0 aromatic heterocycles. The van der Waals surface area contributed by atoms with E-state index in [0.717, 1.165) is 12.0 Å². The molecule has 0 spiro atoms. The summed E-state index contributed by atoms with van der Waals surface area (Å²) < 4.78 is 27.2. The standard InChI is InChI=1S/C21H22F2S/c1-2-3-4-5-7-16-10-12-17(13-11-16)21(24)15-14-18-19(22)8-6-9-20(18)23/h6,8-15H,2-5,7H2,1H3. The Hall–Kier alpha value is -1.87. The molecule has 0 unspecified atom stereocenters. The van der Waals surface area contributed by atoms with Crippen LogP contribution >= 0.6 is 12.2 Å². The van der Waals surface area contributed by atoms with E-state index in [1.54, 1.807) is 6.08 Å². The summed E-state index contributed by atoms with van der Waals surface area (Å²) in [7, 11) is 0.